The monoisotopic (exact) mass is 329 g/mol. The van der Waals surface area contributed by atoms with Crippen molar-refractivity contribution < 1.29 is 4.79 Å². The first-order valence-corrected chi connectivity index (χ1v) is 7.65. The van der Waals surface area contributed by atoms with Crippen LogP contribution in [-0.2, 0) is 11.3 Å². The summed E-state index contributed by atoms with van der Waals surface area (Å²) in [5.74, 6) is -0.452. The zero-order chi connectivity index (χ0) is 17.5. The molecule has 2 heterocycles. The Hall–Kier alpha value is -3.72. The highest BCUT2D eigenvalue weighted by Gasteiger charge is 2.09. The zero-order valence-electron chi connectivity index (χ0n) is 13.3. The fourth-order valence-corrected chi connectivity index (χ4v) is 2.30. The SMILES string of the molecule is N#C/C(=C/Nc1cccc2cccnc12)C(=O)NCc1cccnc1. The van der Waals surface area contributed by atoms with Crippen LogP contribution in [-0.4, -0.2) is 15.9 Å². The van der Waals surface area contributed by atoms with E-state index in [1.807, 2.05) is 42.5 Å². The Kier molecular flexibility index (Phi) is 4.98. The van der Waals surface area contributed by atoms with Gasteiger partial charge in [0.2, 0.25) is 0 Å². The minimum atomic E-state index is -0.452. The number of benzene rings is 1. The van der Waals surface area contributed by atoms with E-state index in [-0.39, 0.29) is 5.57 Å². The van der Waals surface area contributed by atoms with Crippen molar-refractivity contribution in [2.24, 2.45) is 0 Å². The van der Waals surface area contributed by atoms with E-state index in [1.54, 1.807) is 24.7 Å². The van der Waals surface area contributed by atoms with E-state index in [2.05, 4.69) is 20.6 Å². The Bertz CT molecular complexity index is 955. The maximum atomic E-state index is 12.2. The number of carbonyl (C=O) groups is 1. The third kappa shape index (κ3) is 3.98. The normalized spacial score (nSPS) is 10.9. The number of nitrogens with one attached hydrogen (secondary N) is 2. The van der Waals surface area contributed by atoms with Gasteiger partial charge in [-0.25, -0.2) is 0 Å². The number of carbonyl (C=O) groups excluding carboxylic acids is 1. The predicted octanol–water partition coefficient (Wildman–Crippen LogP) is 2.77. The summed E-state index contributed by atoms with van der Waals surface area (Å²) < 4.78 is 0. The van der Waals surface area contributed by atoms with Gasteiger partial charge >= 0.3 is 0 Å². The molecule has 2 N–H and O–H groups in total. The lowest BCUT2D eigenvalue weighted by molar-refractivity contribution is -0.117. The van der Waals surface area contributed by atoms with Crippen LogP contribution in [0.4, 0.5) is 5.69 Å². The van der Waals surface area contributed by atoms with E-state index in [9.17, 15) is 10.1 Å². The molecule has 0 aliphatic rings. The molecular weight excluding hydrogens is 314 g/mol. The highest BCUT2D eigenvalue weighted by atomic mass is 16.1. The van der Waals surface area contributed by atoms with Crippen molar-refractivity contribution in [2.45, 2.75) is 6.54 Å². The third-order valence-electron chi connectivity index (χ3n) is 3.55. The first-order valence-electron chi connectivity index (χ1n) is 7.65. The smallest absolute Gasteiger partial charge is 0.263 e. The van der Waals surface area contributed by atoms with Gasteiger partial charge < -0.3 is 10.6 Å². The number of hydrogen-bond donors (Lipinski definition) is 2. The van der Waals surface area contributed by atoms with Crippen molar-refractivity contribution >= 4 is 22.5 Å². The Morgan fingerprint density at radius 3 is 2.80 bits per heavy atom. The van der Waals surface area contributed by atoms with Crippen molar-refractivity contribution in [1.82, 2.24) is 15.3 Å². The second-order valence-electron chi connectivity index (χ2n) is 5.24. The summed E-state index contributed by atoms with van der Waals surface area (Å²) in [4.78, 5) is 20.5. The first kappa shape index (κ1) is 16.1. The van der Waals surface area contributed by atoms with E-state index < -0.39 is 5.91 Å². The highest BCUT2D eigenvalue weighted by Crippen LogP contribution is 2.20. The standard InChI is InChI=1S/C19H15N5O/c20-10-16(19(25)24-12-14-4-2-8-21-11-14)13-23-17-7-1-5-15-6-3-9-22-18(15)17/h1-9,11,13,23H,12H2,(H,24,25)/b16-13-. The molecule has 0 saturated carbocycles. The number of aromatic nitrogens is 2. The molecule has 6 heteroatoms. The van der Waals surface area contributed by atoms with Crippen LogP contribution in [0.2, 0.25) is 0 Å². The van der Waals surface area contributed by atoms with E-state index in [0.717, 1.165) is 22.2 Å². The number of nitriles is 1. The zero-order valence-corrected chi connectivity index (χ0v) is 13.3. The predicted molar refractivity (Wildman–Crippen MR) is 95.1 cm³/mol. The molecule has 122 valence electrons. The molecule has 0 aliphatic heterocycles. The van der Waals surface area contributed by atoms with Crippen molar-refractivity contribution in [3.8, 4) is 6.07 Å². The Balaban J connectivity index is 1.72. The Morgan fingerprint density at radius 2 is 2.00 bits per heavy atom. The molecule has 0 bridgehead atoms. The minimum Gasteiger partial charge on any atom is -0.358 e. The van der Waals surface area contributed by atoms with E-state index >= 15 is 0 Å². The summed E-state index contributed by atoms with van der Waals surface area (Å²) in [6.07, 6.45) is 6.41. The van der Waals surface area contributed by atoms with Gasteiger partial charge in [-0.05, 0) is 23.8 Å². The molecule has 3 rings (SSSR count). The summed E-state index contributed by atoms with van der Waals surface area (Å²) in [5, 5.41) is 15.9. The number of amides is 1. The molecule has 25 heavy (non-hydrogen) atoms. The molecule has 0 radical (unpaired) electrons. The van der Waals surface area contributed by atoms with Crippen molar-refractivity contribution in [2.75, 3.05) is 5.32 Å². The molecule has 0 aliphatic carbocycles. The van der Waals surface area contributed by atoms with E-state index in [1.165, 1.54) is 6.20 Å². The molecule has 2 aromatic heterocycles. The maximum Gasteiger partial charge on any atom is 0.263 e. The summed E-state index contributed by atoms with van der Waals surface area (Å²) in [5.41, 5.74) is 2.34. The molecule has 0 spiro atoms. The molecule has 1 amide bonds. The molecular formula is C19H15N5O. The van der Waals surface area contributed by atoms with Gasteiger partial charge in [0, 0.05) is 36.7 Å². The summed E-state index contributed by atoms with van der Waals surface area (Å²) in [6.45, 7) is 0.307. The number of pyridine rings is 2. The van der Waals surface area contributed by atoms with Crippen molar-refractivity contribution in [3.63, 3.8) is 0 Å². The summed E-state index contributed by atoms with van der Waals surface area (Å²) >= 11 is 0. The summed E-state index contributed by atoms with van der Waals surface area (Å²) in [6, 6.07) is 15.0. The van der Waals surface area contributed by atoms with Crippen LogP contribution in [0, 0.1) is 11.3 Å². The molecule has 0 unspecified atom stereocenters. The average molecular weight is 329 g/mol. The van der Waals surface area contributed by atoms with Crippen LogP contribution in [0.5, 0.6) is 0 Å². The van der Waals surface area contributed by atoms with Crippen LogP contribution in [0.1, 0.15) is 5.56 Å². The number of rotatable bonds is 5. The lowest BCUT2D eigenvalue weighted by Crippen LogP contribution is -2.24. The van der Waals surface area contributed by atoms with E-state index in [4.69, 9.17) is 0 Å². The number of fused-ring (bicyclic) bond motifs is 1. The van der Waals surface area contributed by atoms with Gasteiger partial charge in [0.15, 0.2) is 0 Å². The van der Waals surface area contributed by atoms with Gasteiger partial charge in [-0.3, -0.25) is 14.8 Å². The largest absolute Gasteiger partial charge is 0.358 e. The topological polar surface area (TPSA) is 90.7 Å². The lowest BCUT2D eigenvalue weighted by atomic mass is 10.2. The van der Waals surface area contributed by atoms with Crippen LogP contribution in [0.15, 0.2) is 72.8 Å². The quantitative estimate of drug-likeness (QED) is 0.555. The van der Waals surface area contributed by atoms with Crippen molar-refractivity contribution in [3.05, 3.63) is 78.4 Å². The molecule has 0 saturated heterocycles. The van der Waals surface area contributed by atoms with Gasteiger partial charge in [0.25, 0.3) is 5.91 Å². The Labute approximate surface area is 144 Å². The second kappa shape index (κ2) is 7.70. The molecule has 3 aromatic rings. The molecule has 6 nitrogen and oxygen atoms in total. The number of para-hydroxylation sites is 1. The number of anilines is 1. The Morgan fingerprint density at radius 1 is 1.16 bits per heavy atom. The van der Waals surface area contributed by atoms with Crippen LogP contribution in [0.3, 0.4) is 0 Å². The highest BCUT2D eigenvalue weighted by molar-refractivity contribution is 5.98. The number of nitrogens with zero attached hydrogens (tertiary/aromatic N) is 3. The van der Waals surface area contributed by atoms with Gasteiger partial charge in [0.1, 0.15) is 11.6 Å². The van der Waals surface area contributed by atoms with Crippen LogP contribution < -0.4 is 10.6 Å². The molecule has 0 fully saturated rings. The van der Waals surface area contributed by atoms with Gasteiger partial charge in [-0.2, -0.15) is 5.26 Å². The fraction of sp³-hybridized carbons (Fsp3) is 0.0526. The maximum absolute atomic E-state index is 12.2. The van der Waals surface area contributed by atoms with Crippen LogP contribution in [0.25, 0.3) is 10.9 Å². The van der Waals surface area contributed by atoms with E-state index in [0.29, 0.717) is 6.54 Å². The van der Waals surface area contributed by atoms with Gasteiger partial charge in [-0.1, -0.05) is 24.3 Å². The van der Waals surface area contributed by atoms with Crippen LogP contribution >= 0.6 is 0 Å². The first-order chi connectivity index (χ1) is 12.3. The lowest BCUT2D eigenvalue weighted by Gasteiger charge is -2.07. The second-order valence-corrected chi connectivity index (χ2v) is 5.24. The summed E-state index contributed by atoms with van der Waals surface area (Å²) in [7, 11) is 0. The fourth-order valence-electron chi connectivity index (χ4n) is 2.30. The third-order valence-corrected chi connectivity index (χ3v) is 3.55. The molecule has 0 atom stereocenters. The molecule has 1 aromatic carbocycles. The average Bonchev–Trinajstić information content (AvgIpc) is 2.67. The van der Waals surface area contributed by atoms with Gasteiger partial charge in [-0.15, -0.1) is 0 Å². The minimum absolute atomic E-state index is 0.0168. The van der Waals surface area contributed by atoms with Crippen molar-refractivity contribution in [1.29, 1.82) is 5.26 Å². The van der Waals surface area contributed by atoms with Gasteiger partial charge in [0.05, 0.1) is 11.2 Å². The number of hydrogen-bond acceptors (Lipinski definition) is 5.